The Morgan fingerprint density at radius 3 is 2.79 bits per heavy atom. The summed E-state index contributed by atoms with van der Waals surface area (Å²) in [5.41, 5.74) is 0.500. The molecule has 0 saturated carbocycles. The van der Waals surface area contributed by atoms with Gasteiger partial charge in [0, 0.05) is 11.5 Å². The van der Waals surface area contributed by atoms with Gasteiger partial charge in [-0.25, -0.2) is 10.3 Å². The highest BCUT2D eigenvalue weighted by Crippen LogP contribution is 2.28. The molecule has 1 unspecified atom stereocenters. The highest BCUT2D eigenvalue weighted by atomic mass is 19.1. The lowest BCUT2D eigenvalue weighted by Gasteiger charge is -2.14. The molecule has 0 aliphatic carbocycles. The average molecular weight is 199 g/mol. The SMILES string of the molecule is COc1cccc(F)c1C(C)CON. The van der Waals surface area contributed by atoms with Crippen LogP contribution >= 0.6 is 0 Å². The minimum Gasteiger partial charge on any atom is -0.496 e. The summed E-state index contributed by atoms with van der Waals surface area (Å²) < 4.78 is 18.5. The van der Waals surface area contributed by atoms with Gasteiger partial charge in [-0.15, -0.1) is 0 Å². The summed E-state index contributed by atoms with van der Waals surface area (Å²) in [5, 5.41) is 0. The molecular formula is C10H14FNO2. The number of methoxy groups -OCH3 is 1. The number of halogens is 1. The van der Waals surface area contributed by atoms with E-state index in [0.29, 0.717) is 11.3 Å². The third-order valence-electron chi connectivity index (χ3n) is 2.07. The quantitative estimate of drug-likeness (QED) is 0.752. The van der Waals surface area contributed by atoms with Crippen LogP contribution < -0.4 is 10.6 Å². The molecule has 0 radical (unpaired) electrons. The van der Waals surface area contributed by atoms with Crippen LogP contribution in [0, 0.1) is 5.82 Å². The standard InChI is InChI=1S/C10H14FNO2/c1-7(6-14-12)10-8(11)4-3-5-9(10)13-2/h3-5,7H,6,12H2,1-2H3. The largest absolute Gasteiger partial charge is 0.496 e. The molecule has 3 nitrogen and oxygen atoms in total. The predicted octanol–water partition coefficient (Wildman–Crippen LogP) is 1.83. The number of hydrogen-bond acceptors (Lipinski definition) is 3. The highest BCUT2D eigenvalue weighted by molar-refractivity contribution is 5.37. The molecule has 14 heavy (non-hydrogen) atoms. The molecule has 0 bridgehead atoms. The number of nitrogens with two attached hydrogens (primary N) is 1. The third-order valence-corrected chi connectivity index (χ3v) is 2.07. The lowest BCUT2D eigenvalue weighted by molar-refractivity contribution is 0.125. The Kier molecular flexibility index (Phi) is 3.85. The first-order chi connectivity index (χ1) is 6.70. The van der Waals surface area contributed by atoms with E-state index in [-0.39, 0.29) is 18.3 Å². The van der Waals surface area contributed by atoms with Crippen LogP contribution in [0.15, 0.2) is 18.2 Å². The van der Waals surface area contributed by atoms with E-state index < -0.39 is 0 Å². The summed E-state index contributed by atoms with van der Waals surface area (Å²) in [4.78, 5) is 4.49. The van der Waals surface area contributed by atoms with Gasteiger partial charge in [-0.1, -0.05) is 13.0 Å². The smallest absolute Gasteiger partial charge is 0.130 e. The van der Waals surface area contributed by atoms with Crippen LogP contribution in [0.5, 0.6) is 5.75 Å². The Balaban J connectivity index is 3.03. The maximum atomic E-state index is 13.4. The molecule has 1 atom stereocenters. The lowest BCUT2D eigenvalue weighted by atomic mass is 10.0. The fourth-order valence-corrected chi connectivity index (χ4v) is 1.40. The topological polar surface area (TPSA) is 44.5 Å². The number of ether oxygens (including phenoxy) is 1. The molecule has 0 aliphatic heterocycles. The summed E-state index contributed by atoms with van der Waals surface area (Å²) in [5.74, 6) is 5.04. The summed E-state index contributed by atoms with van der Waals surface area (Å²) in [6.45, 7) is 2.09. The summed E-state index contributed by atoms with van der Waals surface area (Å²) >= 11 is 0. The van der Waals surface area contributed by atoms with Gasteiger partial charge in [0.1, 0.15) is 11.6 Å². The van der Waals surface area contributed by atoms with E-state index in [9.17, 15) is 4.39 Å². The zero-order valence-electron chi connectivity index (χ0n) is 8.29. The van der Waals surface area contributed by atoms with Gasteiger partial charge in [-0.2, -0.15) is 0 Å². The van der Waals surface area contributed by atoms with Gasteiger partial charge in [0.2, 0.25) is 0 Å². The van der Waals surface area contributed by atoms with Crippen LogP contribution in [0.2, 0.25) is 0 Å². The van der Waals surface area contributed by atoms with Crippen LogP contribution in [-0.2, 0) is 4.84 Å². The van der Waals surface area contributed by atoms with E-state index in [4.69, 9.17) is 10.6 Å². The minimum atomic E-state index is -0.297. The molecule has 2 N–H and O–H groups in total. The molecule has 4 heteroatoms. The van der Waals surface area contributed by atoms with Crippen molar-refractivity contribution in [2.24, 2.45) is 5.90 Å². The van der Waals surface area contributed by atoms with Crippen molar-refractivity contribution < 1.29 is 14.0 Å². The fraction of sp³-hybridized carbons (Fsp3) is 0.400. The first-order valence-corrected chi connectivity index (χ1v) is 4.34. The zero-order chi connectivity index (χ0) is 10.6. The molecule has 0 aliphatic rings. The monoisotopic (exact) mass is 199 g/mol. The third kappa shape index (κ3) is 2.21. The predicted molar refractivity (Wildman–Crippen MR) is 51.5 cm³/mol. The van der Waals surface area contributed by atoms with Gasteiger partial charge in [0.15, 0.2) is 0 Å². The van der Waals surface area contributed by atoms with E-state index in [1.807, 2.05) is 6.92 Å². The molecule has 1 aromatic rings. The molecular weight excluding hydrogens is 185 g/mol. The molecule has 78 valence electrons. The maximum absolute atomic E-state index is 13.4. The normalized spacial score (nSPS) is 12.6. The summed E-state index contributed by atoms with van der Waals surface area (Å²) in [6.07, 6.45) is 0. The number of benzene rings is 1. The Bertz CT molecular complexity index is 304. The molecule has 1 aromatic carbocycles. The van der Waals surface area contributed by atoms with E-state index >= 15 is 0 Å². The second-order valence-electron chi connectivity index (χ2n) is 3.09. The Morgan fingerprint density at radius 2 is 2.21 bits per heavy atom. The van der Waals surface area contributed by atoms with Crippen molar-refractivity contribution in [2.45, 2.75) is 12.8 Å². The molecule has 0 fully saturated rings. The van der Waals surface area contributed by atoms with Crippen molar-refractivity contribution in [3.8, 4) is 5.75 Å². The van der Waals surface area contributed by atoms with Gasteiger partial charge in [-0.05, 0) is 12.1 Å². The van der Waals surface area contributed by atoms with Crippen LogP contribution in [0.4, 0.5) is 4.39 Å². The van der Waals surface area contributed by atoms with Crippen molar-refractivity contribution >= 4 is 0 Å². The van der Waals surface area contributed by atoms with Crippen LogP contribution in [0.1, 0.15) is 18.4 Å². The highest BCUT2D eigenvalue weighted by Gasteiger charge is 2.16. The van der Waals surface area contributed by atoms with E-state index in [2.05, 4.69) is 4.84 Å². The van der Waals surface area contributed by atoms with Crippen molar-refractivity contribution in [1.82, 2.24) is 0 Å². The number of rotatable bonds is 4. The second kappa shape index (κ2) is 4.93. The van der Waals surface area contributed by atoms with Gasteiger partial charge < -0.3 is 9.57 Å². The maximum Gasteiger partial charge on any atom is 0.130 e. The average Bonchev–Trinajstić information content (AvgIpc) is 2.17. The Morgan fingerprint density at radius 1 is 1.50 bits per heavy atom. The van der Waals surface area contributed by atoms with Crippen LogP contribution in [0.25, 0.3) is 0 Å². The first-order valence-electron chi connectivity index (χ1n) is 4.34. The van der Waals surface area contributed by atoms with Crippen molar-refractivity contribution in [3.05, 3.63) is 29.6 Å². The zero-order valence-corrected chi connectivity index (χ0v) is 8.29. The number of hydrogen-bond donors (Lipinski definition) is 1. The molecule has 0 heterocycles. The fourth-order valence-electron chi connectivity index (χ4n) is 1.40. The van der Waals surface area contributed by atoms with E-state index in [1.54, 1.807) is 12.1 Å². The van der Waals surface area contributed by atoms with Crippen molar-refractivity contribution in [2.75, 3.05) is 13.7 Å². The lowest BCUT2D eigenvalue weighted by Crippen LogP contribution is -2.11. The van der Waals surface area contributed by atoms with Gasteiger partial charge in [0.25, 0.3) is 0 Å². The minimum absolute atomic E-state index is 0.129. The Hall–Kier alpha value is -1.13. The van der Waals surface area contributed by atoms with Crippen molar-refractivity contribution in [3.63, 3.8) is 0 Å². The molecule has 1 rings (SSSR count). The molecule has 0 amide bonds. The summed E-state index contributed by atoms with van der Waals surface area (Å²) in [7, 11) is 1.51. The molecule has 0 saturated heterocycles. The van der Waals surface area contributed by atoms with Crippen molar-refractivity contribution in [1.29, 1.82) is 0 Å². The molecule has 0 aromatic heterocycles. The molecule has 0 spiro atoms. The van der Waals surface area contributed by atoms with E-state index in [1.165, 1.54) is 13.2 Å². The van der Waals surface area contributed by atoms with Gasteiger partial charge in [-0.3, -0.25) is 0 Å². The first kappa shape index (κ1) is 10.9. The second-order valence-corrected chi connectivity index (χ2v) is 3.09. The van der Waals surface area contributed by atoms with Gasteiger partial charge >= 0.3 is 0 Å². The summed E-state index contributed by atoms with van der Waals surface area (Å²) in [6, 6.07) is 4.71. The van der Waals surface area contributed by atoms with E-state index in [0.717, 1.165) is 0 Å². The van der Waals surface area contributed by atoms with Crippen LogP contribution in [-0.4, -0.2) is 13.7 Å². The Labute approximate surface area is 82.6 Å². The van der Waals surface area contributed by atoms with Gasteiger partial charge in [0.05, 0.1) is 13.7 Å². The van der Waals surface area contributed by atoms with Crippen LogP contribution in [0.3, 0.4) is 0 Å².